The van der Waals surface area contributed by atoms with Crippen LogP contribution in [0, 0.1) is 18.6 Å². The van der Waals surface area contributed by atoms with E-state index in [1.807, 2.05) is 37.3 Å². The first-order valence-electron chi connectivity index (χ1n) is 9.67. The summed E-state index contributed by atoms with van der Waals surface area (Å²) in [7, 11) is 4.61. The van der Waals surface area contributed by atoms with Crippen molar-refractivity contribution in [1.29, 1.82) is 0 Å². The highest BCUT2D eigenvalue weighted by atomic mass is 19.1. The number of aryl methyl sites for hydroxylation is 1. The first-order chi connectivity index (χ1) is 15.0. The number of halogens is 2. The zero-order valence-corrected chi connectivity index (χ0v) is 17.7. The van der Waals surface area contributed by atoms with Gasteiger partial charge in [0.2, 0.25) is 5.75 Å². The van der Waals surface area contributed by atoms with E-state index in [9.17, 15) is 8.78 Å². The van der Waals surface area contributed by atoms with Crippen molar-refractivity contribution in [3.63, 3.8) is 0 Å². The Morgan fingerprint density at radius 3 is 2.10 bits per heavy atom. The number of hydrogen-bond acceptors (Lipinski definition) is 4. The van der Waals surface area contributed by atoms with Crippen molar-refractivity contribution in [2.24, 2.45) is 0 Å². The van der Waals surface area contributed by atoms with E-state index in [0.717, 1.165) is 16.6 Å². The largest absolute Gasteiger partial charge is 0.493 e. The minimum absolute atomic E-state index is 0.163. The average Bonchev–Trinajstić information content (AvgIpc) is 3.09. The predicted molar refractivity (Wildman–Crippen MR) is 115 cm³/mol. The quantitative estimate of drug-likeness (QED) is 0.418. The second kappa shape index (κ2) is 8.26. The van der Waals surface area contributed by atoms with E-state index in [-0.39, 0.29) is 11.4 Å². The Balaban J connectivity index is 1.94. The maximum absolute atomic E-state index is 14.6. The molecule has 160 valence electrons. The standard InChI is InChI=1S/C24H22F2N2O3/c1-14-8-9-19-18(10-14)27-24(22-16(25)6-5-7-17(22)26)28(19)13-15-11-20(29-2)23(31-4)21(12-15)30-3/h5-12H,13H2,1-4H3. The summed E-state index contributed by atoms with van der Waals surface area (Å²) in [6.07, 6.45) is 0. The third-order valence-corrected chi connectivity index (χ3v) is 5.16. The van der Waals surface area contributed by atoms with Crippen molar-refractivity contribution in [1.82, 2.24) is 9.55 Å². The van der Waals surface area contributed by atoms with E-state index in [1.165, 1.54) is 39.5 Å². The Morgan fingerprint density at radius 1 is 0.871 bits per heavy atom. The Hall–Kier alpha value is -3.61. The summed E-state index contributed by atoms with van der Waals surface area (Å²) in [6.45, 7) is 2.24. The number of hydrogen-bond donors (Lipinski definition) is 0. The second-order valence-electron chi connectivity index (χ2n) is 7.14. The maximum atomic E-state index is 14.6. The van der Waals surface area contributed by atoms with E-state index in [4.69, 9.17) is 14.2 Å². The molecule has 0 aliphatic carbocycles. The molecule has 0 amide bonds. The fourth-order valence-corrected chi connectivity index (χ4v) is 3.71. The van der Waals surface area contributed by atoms with Gasteiger partial charge in [-0.15, -0.1) is 0 Å². The van der Waals surface area contributed by atoms with Crippen LogP contribution in [0.5, 0.6) is 17.2 Å². The van der Waals surface area contributed by atoms with Gasteiger partial charge in [-0.1, -0.05) is 12.1 Å². The van der Waals surface area contributed by atoms with Gasteiger partial charge in [-0.2, -0.15) is 0 Å². The smallest absolute Gasteiger partial charge is 0.203 e. The van der Waals surface area contributed by atoms with Crippen LogP contribution in [0.15, 0.2) is 48.5 Å². The summed E-state index contributed by atoms with van der Waals surface area (Å²) in [5, 5.41) is 0. The number of methoxy groups -OCH3 is 3. The van der Waals surface area contributed by atoms with Crippen LogP contribution in [0.4, 0.5) is 8.78 Å². The number of aromatic nitrogens is 2. The van der Waals surface area contributed by atoms with E-state index >= 15 is 0 Å². The van der Waals surface area contributed by atoms with Crippen molar-refractivity contribution in [2.75, 3.05) is 21.3 Å². The molecule has 1 aromatic heterocycles. The van der Waals surface area contributed by atoms with Gasteiger partial charge in [-0.3, -0.25) is 0 Å². The third-order valence-electron chi connectivity index (χ3n) is 5.16. The molecule has 7 heteroatoms. The molecule has 0 atom stereocenters. The van der Waals surface area contributed by atoms with Crippen LogP contribution in [-0.4, -0.2) is 30.9 Å². The van der Waals surface area contributed by atoms with Gasteiger partial charge < -0.3 is 18.8 Å². The molecule has 0 aliphatic heterocycles. The van der Waals surface area contributed by atoms with Crippen LogP contribution in [0.3, 0.4) is 0 Å². The van der Waals surface area contributed by atoms with Gasteiger partial charge in [0.05, 0.1) is 37.9 Å². The highest BCUT2D eigenvalue weighted by Crippen LogP contribution is 2.39. The van der Waals surface area contributed by atoms with Crippen LogP contribution in [0.1, 0.15) is 11.1 Å². The fraction of sp³-hybridized carbons (Fsp3) is 0.208. The number of ether oxygens (including phenoxy) is 3. The first-order valence-corrected chi connectivity index (χ1v) is 9.67. The highest BCUT2D eigenvalue weighted by Gasteiger charge is 2.21. The molecule has 5 nitrogen and oxygen atoms in total. The monoisotopic (exact) mass is 424 g/mol. The molecule has 4 aromatic rings. The summed E-state index contributed by atoms with van der Waals surface area (Å²) in [5.41, 5.74) is 3.06. The lowest BCUT2D eigenvalue weighted by molar-refractivity contribution is 0.323. The Labute approximate surface area is 178 Å². The lowest BCUT2D eigenvalue weighted by Crippen LogP contribution is -2.06. The van der Waals surface area contributed by atoms with Crippen molar-refractivity contribution >= 4 is 11.0 Å². The lowest BCUT2D eigenvalue weighted by Gasteiger charge is -2.16. The third kappa shape index (κ3) is 3.67. The van der Waals surface area contributed by atoms with E-state index in [1.54, 1.807) is 4.57 Å². The SMILES string of the molecule is COc1cc(Cn2c(-c3c(F)cccc3F)nc3cc(C)ccc32)cc(OC)c1OC. The van der Waals surface area contributed by atoms with Crippen molar-refractivity contribution < 1.29 is 23.0 Å². The van der Waals surface area contributed by atoms with Gasteiger partial charge in [0.25, 0.3) is 0 Å². The lowest BCUT2D eigenvalue weighted by atomic mass is 10.1. The molecular formula is C24H22F2N2O3. The normalized spacial score (nSPS) is 11.0. The summed E-state index contributed by atoms with van der Waals surface area (Å²) in [5.74, 6) is 0.341. The van der Waals surface area contributed by atoms with Gasteiger partial charge in [-0.05, 0) is 54.4 Å². The molecular weight excluding hydrogens is 402 g/mol. The van der Waals surface area contributed by atoms with Crippen molar-refractivity contribution in [3.05, 3.63) is 71.3 Å². The summed E-state index contributed by atoms with van der Waals surface area (Å²) in [4.78, 5) is 4.58. The van der Waals surface area contributed by atoms with Gasteiger partial charge in [0.15, 0.2) is 11.5 Å². The number of benzene rings is 3. The highest BCUT2D eigenvalue weighted by molar-refractivity contribution is 5.81. The molecule has 0 saturated carbocycles. The van der Waals surface area contributed by atoms with Crippen molar-refractivity contribution in [2.45, 2.75) is 13.5 Å². The number of nitrogens with zero attached hydrogens (tertiary/aromatic N) is 2. The molecule has 3 aromatic carbocycles. The predicted octanol–water partition coefficient (Wildman–Crippen LogP) is 5.36. The van der Waals surface area contributed by atoms with Gasteiger partial charge >= 0.3 is 0 Å². The van der Waals surface area contributed by atoms with Crippen LogP contribution in [-0.2, 0) is 6.54 Å². The molecule has 0 radical (unpaired) electrons. The van der Waals surface area contributed by atoms with Gasteiger partial charge in [0, 0.05) is 6.54 Å². The van der Waals surface area contributed by atoms with Gasteiger partial charge in [0.1, 0.15) is 17.5 Å². The molecule has 0 fully saturated rings. The first kappa shape index (κ1) is 20.7. The van der Waals surface area contributed by atoms with Crippen LogP contribution >= 0.6 is 0 Å². The summed E-state index contributed by atoms with van der Waals surface area (Å²) >= 11 is 0. The van der Waals surface area contributed by atoms with Crippen molar-refractivity contribution in [3.8, 4) is 28.6 Å². The van der Waals surface area contributed by atoms with E-state index < -0.39 is 11.6 Å². The average molecular weight is 424 g/mol. The van der Waals surface area contributed by atoms with E-state index in [0.29, 0.717) is 29.3 Å². The summed E-state index contributed by atoms with van der Waals surface area (Å²) in [6, 6.07) is 13.1. The Bertz CT molecular complexity index is 1220. The molecule has 0 N–H and O–H groups in total. The minimum Gasteiger partial charge on any atom is -0.493 e. The molecule has 0 spiro atoms. The zero-order chi connectivity index (χ0) is 22.1. The van der Waals surface area contributed by atoms with E-state index in [2.05, 4.69) is 4.98 Å². The number of rotatable bonds is 6. The van der Waals surface area contributed by atoms with Crippen LogP contribution in [0.2, 0.25) is 0 Å². The number of imidazole rings is 1. The Morgan fingerprint density at radius 2 is 1.52 bits per heavy atom. The molecule has 0 saturated heterocycles. The number of fused-ring (bicyclic) bond motifs is 1. The second-order valence-corrected chi connectivity index (χ2v) is 7.14. The minimum atomic E-state index is -0.668. The zero-order valence-electron chi connectivity index (χ0n) is 17.7. The fourth-order valence-electron chi connectivity index (χ4n) is 3.71. The molecule has 0 bridgehead atoms. The summed E-state index contributed by atoms with van der Waals surface area (Å²) < 4.78 is 47.4. The molecule has 4 rings (SSSR count). The van der Waals surface area contributed by atoms with Crippen LogP contribution < -0.4 is 14.2 Å². The maximum Gasteiger partial charge on any atom is 0.203 e. The van der Waals surface area contributed by atoms with Crippen LogP contribution in [0.25, 0.3) is 22.4 Å². The molecule has 1 heterocycles. The Kier molecular flexibility index (Phi) is 5.50. The molecule has 0 unspecified atom stereocenters. The topological polar surface area (TPSA) is 45.5 Å². The van der Waals surface area contributed by atoms with Gasteiger partial charge in [-0.25, -0.2) is 13.8 Å². The molecule has 0 aliphatic rings. The molecule has 31 heavy (non-hydrogen) atoms.